The Bertz CT molecular complexity index is 1160. The summed E-state index contributed by atoms with van der Waals surface area (Å²) in [5, 5.41) is 23.9. The van der Waals surface area contributed by atoms with Gasteiger partial charge in [0.2, 0.25) is 6.20 Å². The van der Waals surface area contributed by atoms with Crippen molar-refractivity contribution in [2.24, 2.45) is 0 Å². The first-order valence-electron chi connectivity index (χ1n) is 9.58. The van der Waals surface area contributed by atoms with Crippen LogP contribution in [0.1, 0.15) is 46.2 Å². The number of carbonyl (C=O) groups excluding carboxylic acids is 1. The van der Waals surface area contributed by atoms with E-state index in [1.165, 1.54) is 25.3 Å². The molecule has 6 nitrogen and oxygen atoms in total. The molecular weight excluding hydrogens is 449 g/mol. The predicted octanol–water partition coefficient (Wildman–Crippen LogP) is 4.06. The van der Waals surface area contributed by atoms with Gasteiger partial charge in [-0.15, -0.1) is 0 Å². The van der Waals surface area contributed by atoms with Crippen molar-refractivity contribution in [1.82, 2.24) is 10.3 Å². The number of aliphatic hydroxyl groups is 1. The van der Waals surface area contributed by atoms with Gasteiger partial charge < -0.3 is 15.6 Å². The molecule has 0 saturated heterocycles. The number of nitrogens with zero attached hydrogens (tertiary/aromatic N) is 2. The van der Waals surface area contributed by atoms with Gasteiger partial charge in [-0.1, -0.05) is 6.07 Å². The van der Waals surface area contributed by atoms with Crippen LogP contribution in [0, 0.1) is 23.8 Å². The standard InChI is InChI=1S/C22H18F5N3O3/c1-11-3-4-18(28-9-11)13-5-14(20(31)22(25,26)27)7-15(6-13)21(32)29-12(2)19-17(24)8-16(23)10-30(19)33/h3-10,12,20,31H,1-2H3,(H,29,32)/t12-,20?/m1/s1. The topological polar surface area (TPSA) is 89.2 Å². The molecule has 11 heteroatoms. The van der Waals surface area contributed by atoms with Crippen LogP contribution in [0.3, 0.4) is 0 Å². The summed E-state index contributed by atoms with van der Waals surface area (Å²) in [6, 6.07) is 5.55. The Labute approximate surface area is 184 Å². The maximum atomic E-state index is 14.1. The zero-order valence-electron chi connectivity index (χ0n) is 17.3. The predicted molar refractivity (Wildman–Crippen MR) is 107 cm³/mol. The minimum atomic E-state index is -4.99. The minimum Gasteiger partial charge on any atom is -0.618 e. The molecule has 0 fully saturated rings. The first-order chi connectivity index (χ1) is 15.4. The lowest BCUT2D eigenvalue weighted by Crippen LogP contribution is -2.40. The van der Waals surface area contributed by atoms with Crippen LogP contribution in [0.25, 0.3) is 11.3 Å². The first-order valence-corrected chi connectivity index (χ1v) is 9.58. The summed E-state index contributed by atoms with van der Waals surface area (Å²) in [5.74, 6) is -3.27. The van der Waals surface area contributed by atoms with Crippen LogP contribution >= 0.6 is 0 Å². The van der Waals surface area contributed by atoms with Crippen LogP contribution in [0.5, 0.6) is 0 Å². The molecule has 1 unspecified atom stereocenters. The van der Waals surface area contributed by atoms with Crippen LogP contribution in [-0.4, -0.2) is 22.2 Å². The summed E-state index contributed by atoms with van der Waals surface area (Å²) >= 11 is 0. The molecule has 0 aliphatic rings. The number of aliphatic hydroxyl groups excluding tert-OH is 1. The lowest BCUT2D eigenvalue weighted by atomic mass is 9.98. The zero-order valence-corrected chi connectivity index (χ0v) is 17.3. The molecule has 2 aromatic heterocycles. The SMILES string of the molecule is Cc1ccc(-c2cc(C(=O)N[C@H](C)c3c(F)cc(F)c[n+]3[O-])cc(C(O)C(F)(F)F)c2)nc1. The van der Waals surface area contributed by atoms with Crippen molar-refractivity contribution in [2.75, 3.05) is 0 Å². The fourth-order valence-electron chi connectivity index (χ4n) is 3.18. The summed E-state index contributed by atoms with van der Waals surface area (Å²) in [6.07, 6.45) is -5.91. The molecule has 2 N–H and O–H groups in total. The lowest BCUT2D eigenvalue weighted by Gasteiger charge is -2.18. The summed E-state index contributed by atoms with van der Waals surface area (Å²) in [4.78, 5) is 16.9. The average Bonchev–Trinajstić information content (AvgIpc) is 2.71. The Morgan fingerprint density at radius 2 is 1.88 bits per heavy atom. The van der Waals surface area contributed by atoms with Gasteiger partial charge in [-0.2, -0.15) is 22.3 Å². The van der Waals surface area contributed by atoms with E-state index >= 15 is 0 Å². The van der Waals surface area contributed by atoms with Crippen molar-refractivity contribution >= 4 is 5.91 Å². The Kier molecular flexibility index (Phi) is 6.63. The third-order valence-electron chi connectivity index (χ3n) is 4.80. The first kappa shape index (κ1) is 24.1. The molecular formula is C22H18F5N3O3. The third-order valence-corrected chi connectivity index (χ3v) is 4.80. The highest BCUT2D eigenvalue weighted by atomic mass is 19.4. The number of rotatable bonds is 5. The quantitative estimate of drug-likeness (QED) is 0.337. The largest absolute Gasteiger partial charge is 0.618 e. The molecule has 0 aliphatic heterocycles. The maximum Gasteiger partial charge on any atom is 0.418 e. The fraction of sp³-hybridized carbons (Fsp3) is 0.227. The van der Waals surface area contributed by atoms with Gasteiger partial charge in [-0.3, -0.25) is 9.78 Å². The van der Waals surface area contributed by atoms with Crippen molar-refractivity contribution in [1.29, 1.82) is 0 Å². The van der Waals surface area contributed by atoms with Crippen LogP contribution < -0.4 is 10.0 Å². The number of hydrogen-bond acceptors (Lipinski definition) is 4. The second-order valence-corrected chi connectivity index (χ2v) is 7.42. The highest BCUT2D eigenvalue weighted by Crippen LogP contribution is 2.35. The van der Waals surface area contributed by atoms with E-state index in [1.807, 2.05) is 0 Å². The number of amides is 1. The zero-order chi connectivity index (χ0) is 24.5. The van der Waals surface area contributed by atoms with E-state index in [0.29, 0.717) is 12.3 Å². The summed E-state index contributed by atoms with van der Waals surface area (Å²) in [7, 11) is 0. The molecule has 0 spiro atoms. The molecule has 0 radical (unpaired) electrons. The molecule has 2 atom stereocenters. The molecule has 3 rings (SSSR count). The van der Waals surface area contributed by atoms with Crippen LogP contribution in [0.15, 0.2) is 48.8 Å². The smallest absolute Gasteiger partial charge is 0.418 e. The molecule has 0 saturated carbocycles. The molecule has 0 aliphatic carbocycles. The molecule has 1 aromatic carbocycles. The Hall–Kier alpha value is -3.60. The minimum absolute atomic E-state index is 0.0822. The molecule has 0 bridgehead atoms. The normalized spacial score (nSPS) is 13.5. The Balaban J connectivity index is 2.01. The van der Waals surface area contributed by atoms with Crippen LogP contribution in [0.2, 0.25) is 0 Å². The van der Waals surface area contributed by atoms with E-state index in [9.17, 15) is 37.1 Å². The number of pyridine rings is 2. The number of nitrogens with one attached hydrogen (secondary N) is 1. The number of halogens is 5. The van der Waals surface area contributed by atoms with Gasteiger partial charge in [0, 0.05) is 23.4 Å². The van der Waals surface area contributed by atoms with Gasteiger partial charge in [0.25, 0.3) is 11.6 Å². The summed E-state index contributed by atoms with van der Waals surface area (Å²) < 4.78 is 66.5. The number of hydrogen-bond donors (Lipinski definition) is 2. The van der Waals surface area contributed by atoms with Gasteiger partial charge in [0.05, 0.1) is 5.69 Å². The summed E-state index contributed by atoms with van der Waals surface area (Å²) in [5.41, 5.74) is -0.311. The number of aryl methyl sites for hydroxylation is 1. The maximum absolute atomic E-state index is 14.1. The van der Waals surface area contributed by atoms with Gasteiger partial charge >= 0.3 is 6.18 Å². The second kappa shape index (κ2) is 9.10. The fourth-order valence-corrected chi connectivity index (χ4v) is 3.18. The van der Waals surface area contributed by atoms with E-state index in [-0.39, 0.29) is 21.6 Å². The van der Waals surface area contributed by atoms with E-state index in [1.54, 1.807) is 13.0 Å². The van der Waals surface area contributed by atoms with Gasteiger partial charge in [-0.05, 0) is 49.2 Å². The van der Waals surface area contributed by atoms with Crippen molar-refractivity contribution in [3.05, 3.63) is 88.0 Å². The van der Waals surface area contributed by atoms with Crippen LogP contribution in [-0.2, 0) is 0 Å². The highest BCUT2D eigenvalue weighted by Gasteiger charge is 2.40. The van der Waals surface area contributed by atoms with Gasteiger partial charge in [-0.25, -0.2) is 4.39 Å². The van der Waals surface area contributed by atoms with Crippen molar-refractivity contribution in [3.63, 3.8) is 0 Å². The van der Waals surface area contributed by atoms with Gasteiger partial charge in [0.1, 0.15) is 6.04 Å². The van der Waals surface area contributed by atoms with Crippen LogP contribution in [0.4, 0.5) is 22.0 Å². The van der Waals surface area contributed by atoms with E-state index in [4.69, 9.17) is 0 Å². The number of aromatic nitrogens is 2. The van der Waals surface area contributed by atoms with Crippen molar-refractivity contribution in [2.45, 2.75) is 32.2 Å². The van der Waals surface area contributed by atoms with Crippen molar-refractivity contribution < 1.29 is 36.6 Å². The lowest BCUT2D eigenvalue weighted by molar-refractivity contribution is -0.619. The Morgan fingerprint density at radius 1 is 1.18 bits per heavy atom. The molecule has 3 aromatic rings. The molecule has 33 heavy (non-hydrogen) atoms. The monoisotopic (exact) mass is 467 g/mol. The summed E-state index contributed by atoms with van der Waals surface area (Å²) in [6.45, 7) is 3.01. The van der Waals surface area contributed by atoms with E-state index in [2.05, 4.69) is 10.3 Å². The number of carbonyl (C=O) groups is 1. The molecule has 2 heterocycles. The van der Waals surface area contributed by atoms with E-state index in [0.717, 1.165) is 17.7 Å². The second-order valence-electron chi connectivity index (χ2n) is 7.42. The number of benzene rings is 1. The van der Waals surface area contributed by atoms with Crippen molar-refractivity contribution in [3.8, 4) is 11.3 Å². The average molecular weight is 467 g/mol. The van der Waals surface area contributed by atoms with E-state index < -0.39 is 47.1 Å². The highest BCUT2D eigenvalue weighted by molar-refractivity contribution is 5.96. The third kappa shape index (κ3) is 5.43. The number of alkyl halides is 3. The molecule has 1 amide bonds. The molecule has 174 valence electrons. The Morgan fingerprint density at radius 3 is 2.45 bits per heavy atom. The van der Waals surface area contributed by atoms with Gasteiger partial charge in [0.15, 0.2) is 17.7 Å².